The van der Waals surface area contributed by atoms with Crippen molar-refractivity contribution < 1.29 is 4.74 Å². The summed E-state index contributed by atoms with van der Waals surface area (Å²) in [6.45, 7) is 7.09. The van der Waals surface area contributed by atoms with Gasteiger partial charge < -0.3 is 4.74 Å². The van der Waals surface area contributed by atoms with Crippen LogP contribution in [0.4, 0.5) is 0 Å². The van der Waals surface area contributed by atoms with E-state index >= 15 is 0 Å². The van der Waals surface area contributed by atoms with Crippen LogP contribution in [-0.2, 0) is 0 Å². The third-order valence-corrected chi connectivity index (χ3v) is 6.62. The number of benzene rings is 2. The molecule has 0 aliphatic rings. The van der Waals surface area contributed by atoms with Crippen LogP contribution in [0, 0.1) is 0 Å². The minimum atomic E-state index is -1.46. The van der Waals surface area contributed by atoms with Crippen LogP contribution in [0.25, 0.3) is 11.1 Å². The Morgan fingerprint density at radius 3 is 1.95 bits per heavy atom. The molecule has 2 aromatic rings. The van der Waals surface area contributed by atoms with Crippen LogP contribution in [0.15, 0.2) is 45.3 Å². The fourth-order valence-electron chi connectivity index (χ4n) is 2.32. The molecule has 0 spiro atoms. The van der Waals surface area contributed by atoms with Crippen molar-refractivity contribution >= 4 is 45.1 Å². The molecule has 1 nitrogen and oxygen atoms in total. The molecule has 0 unspecified atom stereocenters. The molecule has 0 saturated carbocycles. The van der Waals surface area contributed by atoms with Gasteiger partial charge in [0.2, 0.25) is 0 Å². The second kappa shape index (κ2) is 6.04. The fourth-order valence-corrected chi connectivity index (χ4v) is 5.22. The molecule has 0 amide bonds. The molecule has 0 heterocycles. The van der Waals surface area contributed by atoms with Crippen LogP contribution >= 0.6 is 31.9 Å². The van der Waals surface area contributed by atoms with Gasteiger partial charge in [0, 0.05) is 14.5 Å². The summed E-state index contributed by atoms with van der Waals surface area (Å²) in [6, 6.07) is 12.5. The summed E-state index contributed by atoms with van der Waals surface area (Å²) in [5.41, 5.74) is 2.37. The molecule has 4 heteroatoms. The molecule has 0 atom stereocenters. The maximum Gasteiger partial charge on any atom is 0.127 e. The quantitative estimate of drug-likeness (QED) is 0.609. The van der Waals surface area contributed by atoms with Crippen molar-refractivity contribution in [1.82, 2.24) is 0 Å². The zero-order valence-electron chi connectivity index (χ0n) is 12.1. The standard InChI is InChI=1S/C16H18Br2OSi/c1-19-13-9-5-7-11(17)15(13)16-12(18)8-6-10-14(16)20(2,3)4/h5-10H,1-4H3. The molecule has 0 aliphatic heterocycles. The molecule has 0 N–H and O–H groups in total. The fraction of sp³-hybridized carbons (Fsp3) is 0.250. The Morgan fingerprint density at radius 2 is 1.40 bits per heavy atom. The molecule has 20 heavy (non-hydrogen) atoms. The SMILES string of the molecule is COc1cccc(Br)c1-c1c(Br)cccc1[Si](C)(C)C. The first-order valence-corrected chi connectivity index (χ1v) is 11.6. The van der Waals surface area contributed by atoms with Gasteiger partial charge in [0.25, 0.3) is 0 Å². The van der Waals surface area contributed by atoms with Gasteiger partial charge in [-0.1, -0.05) is 74.9 Å². The van der Waals surface area contributed by atoms with Gasteiger partial charge in [-0.25, -0.2) is 0 Å². The van der Waals surface area contributed by atoms with Crippen molar-refractivity contribution in [2.24, 2.45) is 0 Å². The maximum absolute atomic E-state index is 5.57. The molecule has 0 aliphatic carbocycles. The summed E-state index contributed by atoms with van der Waals surface area (Å²) < 4.78 is 7.74. The van der Waals surface area contributed by atoms with E-state index in [4.69, 9.17) is 4.74 Å². The van der Waals surface area contributed by atoms with Gasteiger partial charge in [-0.2, -0.15) is 0 Å². The molecule has 0 radical (unpaired) electrons. The lowest BCUT2D eigenvalue weighted by molar-refractivity contribution is 0.416. The van der Waals surface area contributed by atoms with Crippen molar-refractivity contribution in [2.45, 2.75) is 19.6 Å². The largest absolute Gasteiger partial charge is 0.496 e. The van der Waals surface area contributed by atoms with E-state index in [9.17, 15) is 0 Å². The van der Waals surface area contributed by atoms with Crippen LogP contribution in [0.3, 0.4) is 0 Å². The molecular weight excluding hydrogens is 396 g/mol. The Labute approximate surface area is 138 Å². The van der Waals surface area contributed by atoms with Gasteiger partial charge in [0.1, 0.15) is 5.75 Å². The molecule has 0 bridgehead atoms. The van der Waals surface area contributed by atoms with E-state index in [1.807, 2.05) is 12.1 Å². The van der Waals surface area contributed by atoms with Crippen LogP contribution in [0.2, 0.25) is 19.6 Å². The minimum Gasteiger partial charge on any atom is -0.496 e. The van der Waals surface area contributed by atoms with Crippen LogP contribution in [0.1, 0.15) is 0 Å². The highest BCUT2D eigenvalue weighted by molar-refractivity contribution is 9.11. The second-order valence-electron chi connectivity index (χ2n) is 5.73. The zero-order chi connectivity index (χ0) is 14.9. The van der Waals surface area contributed by atoms with E-state index < -0.39 is 8.07 Å². The van der Waals surface area contributed by atoms with Gasteiger partial charge in [0.15, 0.2) is 0 Å². The Hall–Kier alpha value is -0.583. The summed E-state index contributed by atoms with van der Waals surface area (Å²) in [5, 5.41) is 1.43. The van der Waals surface area contributed by atoms with Gasteiger partial charge in [0.05, 0.1) is 15.2 Å². The predicted molar refractivity (Wildman–Crippen MR) is 96.8 cm³/mol. The number of rotatable bonds is 3. The average Bonchev–Trinajstić information content (AvgIpc) is 2.37. The Balaban J connectivity index is 2.83. The number of hydrogen-bond acceptors (Lipinski definition) is 1. The second-order valence-corrected chi connectivity index (χ2v) is 12.5. The highest BCUT2D eigenvalue weighted by Gasteiger charge is 2.25. The van der Waals surface area contributed by atoms with Crippen molar-refractivity contribution in [1.29, 1.82) is 0 Å². The van der Waals surface area contributed by atoms with Gasteiger partial charge in [-0.05, 0) is 23.8 Å². The molecular formula is C16H18Br2OSi. The van der Waals surface area contributed by atoms with E-state index in [1.54, 1.807) is 7.11 Å². The van der Waals surface area contributed by atoms with Crippen LogP contribution in [0.5, 0.6) is 5.75 Å². The average molecular weight is 414 g/mol. The molecule has 0 fully saturated rings. The summed E-state index contributed by atoms with van der Waals surface area (Å²) in [6.07, 6.45) is 0. The highest BCUT2D eigenvalue weighted by Crippen LogP contribution is 2.40. The smallest absolute Gasteiger partial charge is 0.127 e. The first-order valence-electron chi connectivity index (χ1n) is 6.48. The van der Waals surface area contributed by atoms with Crippen LogP contribution < -0.4 is 9.92 Å². The topological polar surface area (TPSA) is 9.23 Å². The number of hydrogen-bond donors (Lipinski definition) is 0. The van der Waals surface area contributed by atoms with Gasteiger partial charge >= 0.3 is 0 Å². The first kappa shape index (κ1) is 15.8. The molecule has 0 aromatic heterocycles. The Morgan fingerprint density at radius 1 is 0.850 bits per heavy atom. The van der Waals surface area contributed by atoms with Crippen molar-refractivity contribution in [3.05, 3.63) is 45.3 Å². The lowest BCUT2D eigenvalue weighted by atomic mass is 10.0. The Kier molecular flexibility index (Phi) is 4.77. The normalized spacial score (nSPS) is 11.5. The van der Waals surface area contributed by atoms with Crippen molar-refractivity contribution in [2.75, 3.05) is 7.11 Å². The molecule has 106 valence electrons. The predicted octanol–water partition coefficient (Wildman–Crippen LogP) is 5.43. The van der Waals surface area contributed by atoms with E-state index in [0.29, 0.717) is 0 Å². The summed E-state index contributed by atoms with van der Waals surface area (Å²) >= 11 is 7.39. The monoisotopic (exact) mass is 412 g/mol. The van der Waals surface area contributed by atoms with E-state index in [2.05, 4.69) is 75.8 Å². The number of halogens is 2. The third kappa shape index (κ3) is 3.02. The summed E-state index contributed by atoms with van der Waals surface area (Å²) in [5.74, 6) is 0.894. The minimum absolute atomic E-state index is 0.894. The number of ether oxygens (including phenoxy) is 1. The van der Waals surface area contributed by atoms with Gasteiger partial charge in [-0.15, -0.1) is 0 Å². The van der Waals surface area contributed by atoms with Crippen LogP contribution in [-0.4, -0.2) is 15.2 Å². The highest BCUT2D eigenvalue weighted by atomic mass is 79.9. The van der Waals surface area contributed by atoms with Gasteiger partial charge in [-0.3, -0.25) is 0 Å². The Bertz CT molecular complexity index is 633. The number of methoxy groups -OCH3 is 1. The van der Waals surface area contributed by atoms with E-state index in [1.165, 1.54) is 10.8 Å². The molecule has 2 rings (SSSR count). The summed E-state index contributed by atoms with van der Waals surface area (Å²) in [7, 11) is 0.261. The van der Waals surface area contributed by atoms with E-state index in [-0.39, 0.29) is 0 Å². The lowest BCUT2D eigenvalue weighted by Crippen LogP contribution is -2.39. The third-order valence-electron chi connectivity index (χ3n) is 3.27. The van der Waals surface area contributed by atoms with E-state index in [0.717, 1.165) is 20.3 Å². The van der Waals surface area contributed by atoms with Crippen molar-refractivity contribution in [3.8, 4) is 16.9 Å². The summed E-state index contributed by atoms with van der Waals surface area (Å²) in [4.78, 5) is 0. The molecule has 0 saturated heterocycles. The van der Waals surface area contributed by atoms with Crippen molar-refractivity contribution in [3.63, 3.8) is 0 Å². The first-order chi connectivity index (χ1) is 9.36. The maximum atomic E-state index is 5.57. The zero-order valence-corrected chi connectivity index (χ0v) is 16.3. The lowest BCUT2D eigenvalue weighted by Gasteiger charge is -2.24. The molecule has 2 aromatic carbocycles.